The van der Waals surface area contributed by atoms with Crippen molar-refractivity contribution in [2.75, 3.05) is 19.6 Å². The lowest BCUT2D eigenvalue weighted by Gasteiger charge is -2.42. The molecule has 3 aromatic rings. The summed E-state index contributed by atoms with van der Waals surface area (Å²) in [5, 5.41) is 20.3. The summed E-state index contributed by atoms with van der Waals surface area (Å²) in [7, 11) is 0. The molecular weight excluding hydrogens is 554 g/mol. The van der Waals surface area contributed by atoms with E-state index in [2.05, 4.69) is 38.5 Å². The quantitative estimate of drug-likeness (QED) is 0.395. The van der Waals surface area contributed by atoms with E-state index in [4.69, 9.17) is 16.6 Å². The first kappa shape index (κ1) is 28.3. The number of halogens is 3. The molecule has 2 aromatic heterocycles. The minimum absolute atomic E-state index is 0.0439. The van der Waals surface area contributed by atoms with Crippen molar-refractivity contribution in [1.82, 2.24) is 50.8 Å². The van der Waals surface area contributed by atoms with Crippen LogP contribution in [0, 0.1) is 11.8 Å². The average Bonchev–Trinajstić information content (AvgIpc) is 3.65. The fourth-order valence-electron chi connectivity index (χ4n) is 6.81. The molecule has 3 saturated heterocycles. The van der Waals surface area contributed by atoms with Crippen LogP contribution in [-0.2, 0) is 0 Å². The number of fused-ring (bicyclic) bond motifs is 4. The largest absolute Gasteiger partial charge is 0.312 e. The third kappa shape index (κ3) is 5.91. The van der Waals surface area contributed by atoms with Crippen molar-refractivity contribution >= 4 is 11.6 Å². The molecule has 11 nitrogen and oxygen atoms in total. The van der Waals surface area contributed by atoms with Crippen LogP contribution in [0.25, 0.3) is 16.9 Å². The van der Waals surface area contributed by atoms with E-state index in [1.807, 2.05) is 0 Å². The van der Waals surface area contributed by atoms with Gasteiger partial charge in [-0.3, -0.25) is 9.36 Å². The number of hydrogen-bond acceptors (Lipinski definition) is 9. The summed E-state index contributed by atoms with van der Waals surface area (Å²) in [4.78, 5) is 18.4. The lowest BCUT2D eigenvalue weighted by Crippen LogP contribution is -2.56. The Bertz CT molecular complexity index is 1390. The van der Waals surface area contributed by atoms with Gasteiger partial charge in [0, 0.05) is 41.3 Å². The zero-order valence-electron chi connectivity index (χ0n) is 22.8. The maximum atomic E-state index is 14.0. The lowest BCUT2D eigenvalue weighted by atomic mass is 9.79. The summed E-state index contributed by atoms with van der Waals surface area (Å²) in [5.41, 5.74) is 4.52. The Morgan fingerprint density at radius 1 is 1.07 bits per heavy atom. The molecule has 0 aliphatic carbocycles. The monoisotopic (exact) mass is 588 g/mol. The molecule has 0 saturated carbocycles. The third-order valence-corrected chi connectivity index (χ3v) is 9.05. The van der Waals surface area contributed by atoms with Gasteiger partial charge in [-0.1, -0.05) is 24.9 Å². The second kappa shape index (κ2) is 12.2. The Kier molecular flexibility index (Phi) is 8.40. The second-order valence-electron chi connectivity index (χ2n) is 11.4. The topological polar surface area (TPSA) is 118 Å². The van der Waals surface area contributed by atoms with Crippen LogP contribution in [0.2, 0.25) is 5.02 Å². The van der Waals surface area contributed by atoms with Gasteiger partial charge >= 0.3 is 6.55 Å². The second-order valence-corrected chi connectivity index (χ2v) is 11.9. The minimum atomic E-state index is -2.58. The van der Waals surface area contributed by atoms with Crippen LogP contribution >= 0.6 is 11.6 Å². The van der Waals surface area contributed by atoms with E-state index in [-0.39, 0.29) is 35.6 Å². The van der Waals surface area contributed by atoms with Crippen molar-refractivity contribution in [3.63, 3.8) is 0 Å². The molecule has 3 fully saturated rings. The summed E-state index contributed by atoms with van der Waals surface area (Å²) >= 11 is 6.31. The van der Waals surface area contributed by atoms with Gasteiger partial charge in [0.05, 0.1) is 23.8 Å². The zero-order valence-corrected chi connectivity index (χ0v) is 23.6. The maximum absolute atomic E-state index is 14.0. The van der Waals surface area contributed by atoms with E-state index in [0.717, 1.165) is 37.2 Å². The van der Waals surface area contributed by atoms with Gasteiger partial charge in [-0.05, 0) is 79.2 Å². The molecule has 0 amide bonds. The summed E-state index contributed by atoms with van der Waals surface area (Å²) in [6, 6.07) is 6.21. The molecule has 41 heavy (non-hydrogen) atoms. The minimum Gasteiger partial charge on any atom is -0.312 e. The highest BCUT2D eigenvalue weighted by Crippen LogP contribution is 2.35. The summed E-state index contributed by atoms with van der Waals surface area (Å²) in [5.74, 6) is 0.433. The first-order valence-corrected chi connectivity index (χ1v) is 14.6. The smallest absolute Gasteiger partial charge is 0.307 e. The van der Waals surface area contributed by atoms with Crippen LogP contribution < -0.4 is 21.6 Å². The van der Waals surface area contributed by atoms with Gasteiger partial charge in [0.25, 0.3) is 5.56 Å². The molecular formula is C27H35ClF2N10O. The Balaban J connectivity index is 1.33. The molecule has 14 heteroatoms. The van der Waals surface area contributed by atoms with E-state index in [1.165, 1.54) is 17.1 Å². The predicted octanol–water partition coefficient (Wildman–Crippen LogP) is 2.64. The molecule has 0 radical (unpaired) electrons. The van der Waals surface area contributed by atoms with Crippen molar-refractivity contribution in [3.05, 3.63) is 52.3 Å². The number of piperidine rings is 1. The van der Waals surface area contributed by atoms with Crippen molar-refractivity contribution in [2.45, 2.75) is 69.7 Å². The lowest BCUT2D eigenvalue weighted by molar-refractivity contribution is -0.0841. The Morgan fingerprint density at radius 3 is 2.73 bits per heavy atom. The fraction of sp³-hybridized carbons (Fsp3) is 0.593. The van der Waals surface area contributed by atoms with Crippen LogP contribution in [0.4, 0.5) is 8.78 Å². The highest BCUT2D eigenvalue weighted by molar-refractivity contribution is 6.31. The number of nitrogens with zero attached hydrogens (tertiary/aromatic N) is 7. The van der Waals surface area contributed by atoms with Crippen molar-refractivity contribution in [2.24, 2.45) is 11.8 Å². The van der Waals surface area contributed by atoms with Gasteiger partial charge in [-0.25, -0.2) is 10.4 Å². The normalized spacial score (nSPS) is 29.6. The Labute approximate surface area is 241 Å². The first-order valence-electron chi connectivity index (χ1n) is 14.3. The molecule has 5 heterocycles. The van der Waals surface area contributed by atoms with Crippen LogP contribution in [0.3, 0.4) is 0 Å². The number of nitrogens with one attached hydrogen (secondary N) is 3. The SMILES string of the molecule is C[C@@H]1CCC[C@H](n2cnc(-c3cc(Cl)ccc3-n3cnnn3)cc2=O)C2CC(CCN2)C2C(CNN2C(F)F)NC1. The van der Waals surface area contributed by atoms with Gasteiger partial charge in [-0.2, -0.15) is 18.5 Å². The summed E-state index contributed by atoms with van der Waals surface area (Å²) < 4.78 is 31.3. The van der Waals surface area contributed by atoms with Crippen LogP contribution in [0.5, 0.6) is 0 Å². The molecule has 6 atom stereocenters. The fourth-order valence-corrected chi connectivity index (χ4v) is 6.98. The Morgan fingerprint density at radius 2 is 1.95 bits per heavy atom. The molecule has 1 aromatic carbocycles. The molecule has 220 valence electrons. The molecule has 3 N–H and O–H groups in total. The van der Waals surface area contributed by atoms with Crippen LogP contribution in [0.1, 0.15) is 45.1 Å². The van der Waals surface area contributed by atoms with E-state index in [0.29, 0.717) is 47.4 Å². The Hall–Kier alpha value is -2.84. The van der Waals surface area contributed by atoms with Crippen LogP contribution in [-0.4, -0.2) is 79.1 Å². The molecule has 3 aliphatic rings. The zero-order chi connectivity index (χ0) is 28.5. The highest BCUT2D eigenvalue weighted by atomic mass is 35.5. The molecule has 2 bridgehead atoms. The van der Waals surface area contributed by atoms with Gasteiger partial charge in [0.15, 0.2) is 0 Å². The number of rotatable bonds is 4. The van der Waals surface area contributed by atoms with Gasteiger partial charge in [0.2, 0.25) is 0 Å². The molecule has 6 rings (SSSR count). The van der Waals surface area contributed by atoms with Crippen LogP contribution in [0.15, 0.2) is 41.7 Å². The number of hydrogen-bond donors (Lipinski definition) is 3. The number of hydrazine groups is 1. The summed E-state index contributed by atoms with van der Waals surface area (Å²) in [6.45, 7) is 1.58. The standard InChI is InChI=1S/C27H35ClF2N10O/c1-16-3-2-4-24(21-9-17(7-8-31-21)26-22(32-12-16)13-35-40(26)27(29)30)38-14-33-20(11-25(38)41)19-10-18(28)5-6-23(19)39-15-34-36-37-39/h5-6,10-11,14-17,21-22,24,26-27,31-32,35H,2-4,7-9,12-13H2,1H3/t16-,17?,21?,22?,24+,26?/m1/s1. The van der Waals surface area contributed by atoms with Gasteiger partial charge < -0.3 is 10.6 Å². The average molecular weight is 589 g/mol. The van der Waals surface area contributed by atoms with Gasteiger partial charge in [-0.15, -0.1) is 5.10 Å². The van der Waals surface area contributed by atoms with Crippen molar-refractivity contribution in [1.29, 1.82) is 0 Å². The van der Waals surface area contributed by atoms with Crippen molar-refractivity contribution < 1.29 is 8.78 Å². The number of aromatic nitrogens is 6. The van der Waals surface area contributed by atoms with Gasteiger partial charge in [0.1, 0.15) is 6.33 Å². The summed E-state index contributed by atoms with van der Waals surface area (Å²) in [6.07, 6.45) is 7.28. The number of tetrazole rings is 1. The number of alkyl halides is 2. The predicted molar refractivity (Wildman–Crippen MR) is 150 cm³/mol. The third-order valence-electron chi connectivity index (χ3n) is 8.81. The highest BCUT2D eigenvalue weighted by Gasteiger charge is 2.45. The first-order chi connectivity index (χ1) is 19.9. The van der Waals surface area contributed by atoms with E-state index in [9.17, 15) is 13.6 Å². The molecule has 0 spiro atoms. The van der Waals surface area contributed by atoms with E-state index >= 15 is 0 Å². The maximum Gasteiger partial charge on any atom is 0.307 e. The molecule has 3 aliphatic heterocycles. The van der Waals surface area contributed by atoms with Crippen molar-refractivity contribution in [3.8, 4) is 16.9 Å². The van der Waals surface area contributed by atoms with E-state index < -0.39 is 6.55 Å². The van der Waals surface area contributed by atoms with E-state index in [1.54, 1.807) is 29.1 Å². The number of benzene rings is 1. The molecule has 4 unspecified atom stereocenters.